The largest absolute Gasteiger partial charge is 0.330 e. The molecule has 13 heavy (non-hydrogen) atoms. The van der Waals surface area contributed by atoms with E-state index in [2.05, 4.69) is 16.3 Å². The van der Waals surface area contributed by atoms with Crippen LogP contribution in [0.1, 0.15) is 12.0 Å². The summed E-state index contributed by atoms with van der Waals surface area (Å²) >= 11 is 0. The first kappa shape index (κ1) is 8.19. The number of rotatable bonds is 3. The van der Waals surface area contributed by atoms with Gasteiger partial charge in [0.15, 0.2) is 5.65 Å². The fraction of sp³-hybridized carbons (Fsp3) is 0.333. The molecule has 0 spiro atoms. The molecule has 0 atom stereocenters. The van der Waals surface area contributed by atoms with E-state index in [4.69, 9.17) is 5.73 Å². The molecule has 2 aromatic heterocycles. The molecule has 2 aromatic rings. The maximum Gasteiger partial charge on any atom is 0.160 e. The van der Waals surface area contributed by atoms with Gasteiger partial charge in [-0.05, 0) is 37.1 Å². The summed E-state index contributed by atoms with van der Waals surface area (Å²) in [4.78, 5) is 0. The maximum atomic E-state index is 5.44. The molecule has 0 unspecified atom stereocenters. The fourth-order valence-corrected chi connectivity index (χ4v) is 1.32. The molecule has 0 saturated carbocycles. The molecular weight excluding hydrogens is 164 g/mol. The molecule has 0 aliphatic heterocycles. The van der Waals surface area contributed by atoms with Gasteiger partial charge in [0.1, 0.15) is 6.33 Å². The van der Waals surface area contributed by atoms with Crippen LogP contribution < -0.4 is 5.73 Å². The van der Waals surface area contributed by atoms with Gasteiger partial charge in [0.05, 0.1) is 0 Å². The van der Waals surface area contributed by atoms with Crippen LogP contribution >= 0.6 is 0 Å². The van der Waals surface area contributed by atoms with E-state index < -0.39 is 0 Å². The van der Waals surface area contributed by atoms with Crippen LogP contribution in [-0.4, -0.2) is 21.1 Å². The second-order valence-corrected chi connectivity index (χ2v) is 3.02. The number of aromatic nitrogens is 3. The first-order valence-corrected chi connectivity index (χ1v) is 4.38. The molecule has 2 N–H and O–H groups in total. The van der Waals surface area contributed by atoms with Gasteiger partial charge < -0.3 is 5.73 Å². The summed E-state index contributed by atoms with van der Waals surface area (Å²) in [6, 6.07) is 4.12. The van der Waals surface area contributed by atoms with Crippen molar-refractivity contribution in [1.82, 2.24) is 14.6 Å². The minimum absolute atomic E-state index is 0.734. The number of aryl methyl sites for hydroxylation is 1. The van der Waals surface area contributed by atoms with Crippen LogP contribution in [0.5, 0.6) is 0 Å². The predicted octanol–water partition coefficient (Wildman–Crippen LogP) is 0.621. The SMILES string of the molecule is NCCCc1ccn2cnnc2c1. The number of pyridine rings is 1. The van der Waals surface area contributed by atoms with Crippen LogP contribution in [0.25, 0.3) is 5.65 Å². The Morgan fingerprint density at radius 1 is 1.46 bits per heavy atom. The minimum Gasteiger partial charge on any atom is -0.330 e. The zero-order valence-electron chi connectivity index (χ0n) is 7.35. The molecule has 0 aliphatic rings. The van der Waals surface area contributed by atoms with Crippen molar-refractivity contribution in [2.45, 2.75) is 12.8 Å². The van der Waals surface area contributed by atoms with Crippen molar-refractivity contribution >= 4 is 5.65 Å². The standard InChI is InChI=1S/C9H12N4/c10-4-1-2-8-3-5-13-7-11-12-9(13)6-8/h3,5-7H,1-2,4,10H2. The van der Waals surface area contributed by atoms with E-state index in [0.717, 1.165) is 25.0 Å². The summed E-state index contributed by atoms with van der Waals surface area (Å²) in [7, 11) is 0. The Balaban J connectivity index is 2.26. The lowest BCUT2D eigenvalue weighted by Crippen LogP contribution is -2.00. The monoisotopic (exact) mass is 176 g/mol. The quantitative estimate of drug-likeness (QED) is 0.745. The molecule has 2 rings (SSSR count). The smallest absolute Gasteiger partial charge is 0.160 e. The van der Waals surface area contributed by atoms with Crippen molar-refractivity contribution in [1.29, 1.82) is 0 Å². The van der Waals surface area contributed by atoms with Crippen LogP contribution in [0.3, 0.4) is 0 Å². The van der Waals surface area contributed by atoms with E-state index in [0.29, 0.717) is 0 Å². The zero-order valence-corrected chi connectivity index (χ0v) is 7.35. The summed E-state index contributed by atoms with van der Waals surface area (Å²) in [6.45, 7) is 0.734. The van der Waals surface area contributed by atoms with Crippen molar-refractivity contribution in [3.8, 4) is 0 Å². The second-order valence-electron chi connectivity index (χ2n) is 3.02. The van der Waals surface area contributed by atoms with Gasteiger partial charge in [-0.25, -0.2) is 0 Å². The van der Waals surface area contributed by atoms with Gasteiger partial charge >= 0.3 is 0 Å². The Labute approximate surface area is 76.4 Å². The topological polar surface area (TPSA) is 56.2 Å². The number of fused-ring (bicyclic) bond motifs is 1. The summed E-state index contributed by atoms with van der Waals surface area (Å²) < 4.78 is 1.89. The van der Waals surface area contributed by atoms with Gasteiger partial charge in [0.25, 0.3) is 0 Å². The van der Waals surface area contributed by atoms with E-state index >= 15 is 0 Å². The number of nitrogens with two attached hydrogens (primary N) is 1. The molecule has 0 radical (unpaired) electrons. The third-order valence-corrected chi connectivity index (χ3v) is 2.03. The molecule has 0 fully saturated rings. The fourth-order valence-electron chi connectivity index (χ4n) is 1.32. The van der Waals surface area contributed by atoms with E-state index in [1.807, 2.05) is 16.7 Å². The Hall–Kier alpha value is -1.42. The highest BCUT2D eigenvalue weighted by atomic mass is 15.2. The first-order valence-electron chi connectivity index (χ1n) is 4.38. The van der Waals surface area contributed by atoms with Gasteiger partial charge in [-0.1, -0.05) is 0 Å². The molecule has 0 aliphatic carbocycles. The number of hydrogen-bond donors (Lipinski definition) is 1. The molecule has 4 nitrogen and oxygen atoms in total. The van der Waals surface area contributed by atoms with Crippen LogP contribution in [-0.2, 0) is 6.42 Å². The second kappa shape index (κ2) is 3.53. The third kappa shape index (κ3) is 1.67. The van der Waals surface area contributed by atoms with Crippen LogP contribution in [0.2, 0.25) is 0 Å². The highest BCUT2D eigenvalue weighted by Crippen LogP contribution is 2.05. The molecule has 0 saturated heterocycles. The van der Waals surface area contributed by atoms with Crippen molar-refractivity contribution in [2.75, 3.05) is 6.54 Å². The zero-order chi connectivity index (χ0) is 9.10. The van der Waals surface area contributed by atoms with Gasteiger partial charge in [-0.2, -0.15) is 0 Å². The Bertz CT molecular complexity index is 393. The van der Waals surface area contributed by atoms with Crippen LogP contribution in [0.15, 0.2) is 24.7 Å². The summed E-state index contributed by atoms with van der Waals surface area (Å²) in [5.74, 6) is 0. The van der Waals surface area contributed by atoms with Crippen molar-refractivity contribution in [3.63, 3.8) is 0 Å². The molecule has 68 valence electrons. The van der Waals surface area contributed by atoms with Crippen molar-refractivity contribution < 1.29 is 0 Å². The first-order chi connectivity index (χ1) is 6.40. The van der Waals surface area contributed by atoms with E-state index in [1.54, 1.807) is 6.33 Å². The highest BCUT2D eigenvalue weighted by Gasteiger charge is 1.96. The Morgan fingerprint density at radius 2 is 2.38 bits per heavy atom. The molecule has 0 bridgehead atoms. The van der Waals surface area contributed by atoms with E-state index in [-0.39, 0.29) is 0 Å². The molecule has 4 heteroatoms. The lowest BCUT2D eigenvalue weighted by atomic mass is 10.1. The molecule has 0 amide bonds. The lowest BCUT2D eigenvalue weighted by Gasteiger charge is -1.99. The van der Waals surface area contributed by atoms with Gasteiger partial charge in [-0.15, -0.1) is 10.2 Å². The Morgan fingerprint density at radius 3 is 3.23 bits per heavy atom. The predicted molar refractivity (Wildman–Crippen MR) is 50.4 cm³/mol. The summed E-state index contributed by atoms with van der Waals surface area (Å²) in [5.41, 5.74) is 7.60. The minimum atomic E-state index is 0.734. The number of nitrogens with zero attached hydrogens (tertiary/aromatic N) is 3. The van der Waals surface area contributed by atoms with Crippen LogP contribution in [0.4, 0.5) is 0 Å². The normalized spacial score (nSPS) is 10.8. The van der Waals surface area contributed by atoms with Gasteiger partial charge in [0.2, 0.25) is 0 Å². The van der Waals surface area contributed by atoms with E-state index in [9.17, 15) is 0 Å². The summed E-state index contributed by atoms with van der Waals surface area (Å²) in [5, 5.41) is 7.78. The lowest BCUT2D eigenvalue weighted by molar-refractivity contribution is 0.831. The summed E-state index contributed by atoms with van der Waals surface area (Å²) in [6.07, 6.45) is 5.70. The Kier molecular flexibility index (Phi) is 2.23. The molecule has 0 aromatic carbocycles. The molecular formula is C9H12N4. The van der Waals surface area contributed by atoms with Gasteiger partial charge in [0, 0.05) is 6.20 Å². The average Bonchev–Trinajstić information content (AvgIpc) is 2.61. The maximum absolute atomic E-state index is 5.44. The van der Waals surface area contributed by atoms with Crippen LogP contribution in [0, 0.1) is 0 Å². The number of hydrogen-bond acceptors (Lipinski definition) is 3. The molecule has 2 heterocycles. The third-order valence-electron chi connectivity index (χ3n) is 2.03. The van der Waals surface area contributed by atoms with Crippen molar-refractivity contribution in [3.05, 3.63) is 30.2 Å². The van der Waals surface area contributed by atoms with E-state index in [1.165, 1.54) is 5.56 Å². The average molecular weight is 176 g/mol. The highest BCUT2D eigenvalue weighted by molar-refractivity contribution is 5.39. The van der Waals surface area contributed by atoms with Gasteiger partial charge in [-0.3, -0.25) is 4.40 Å². The van der Waals surface area contributed by atoms with Crippen molar-refractivity contribution in [2.24, 2.45) is 5.73 Å².